The van der Waals surface area contributed by atoms with Crippen LogP contribution in [0.1, 0.15) is 12.5 Å². The van der Waals surface area contributed by atoms with E-state index in [1.54, 1.807) is 0 Å². The van der Waals surface area contributed by atoms with Crippen LogP contribution in [0, 0.1) is 0 Å². The van der Waals surface area contributed by atoms with Crippen LogP contribution >= 0.6 is 15.9 Å². The molecule has 0 amide bonds. The third-order valence-electron chi connectivity index (χ3n) is 1.63. The molecule has 80 valence electrons. The Labute approximate surface area is 95.7 Å². The molecule has 5 heteroatoms. The van der Waals surface area contributed by atoms with Gasteiger partial charge >= 0.3 is 5.97 Å². The molecule has 1 N–H and O–H groups in total. The maximum atomic E-state index is 10.4. The Kier molecular flexibility index (Phi) is 4.30. The largest absolute Gasteiger partial charge is 0.477 e. The number of hydrogen-bond donors (Lipinski definition) is 1. The topological polar surface area (TPSA) is 58.9 Å². The predicted molar refractivity (Wildman–Crippen MR) is 59.7 cm³/mol. The normalized spacial score (nSPS) is 11.2. The average molecular weight is 272 g/mol. The first-order valence-corrected chi connectivity index (χ1v) is 5.03. The molecular formula is C10H10BrNO3. The molecule has 0 spiro atoms. The summed E-state index contributed by atoms with van der Waals surface area (Å²) in [5, 5.41) is 12.0. The first-order valence-electron chi connectivity index (χ1n) is 4.24. The van der Waals surface area contributed by atoms with E-state index in [9.17, 15) is 4.79 Å². The quantitative estimate of drug-likeness (QED) is 0.676. The summed E-state index contributed by atoms with van der Waals surface area (Å²) < 4.78 is 0.947. The van der Waals surface area contributed by atoms with Gasteiger partial charge in [-0.1, -0.05) is 33.2 Å². The second kappa shape index (κ2) is 5.50. The van der Waals surface area contributed by atoms with Crippen LogP contribution in [-0.4, -0.2) is 16.8 Å². The highest BCUT2D eigenvalue weighted by atomic mass is 79.9. The first kappa shape index (κ1) is 11.7. The third-order valence-corrected chi connectivity index (χ3v) is 2.12. The lowest BCUT2D eigenvalue weighted by Crippen LogP contribution is -2.08. The smallest absolute Gasteiger partial charge is 0.353 e. The van der Waals surface area contributed by atoms with Gasteiger partial charge < -0.3 is 9.94 Å². The Balaban J connectivity index is 2.51. The van der Waals surface area contributed by atoms with Gasteiger partial charge in [0.15, 0.2) is 5.71 Å². The van der Waals surface area contributed by atoms with Gasteiger partial charge in [0, 0.05) is 4.47 Å². The van der Waals surface area contributed by atoms with Crippen LogP contribution in [0.2, 0.25) is 0 Å². The summed E-state index contributed by atoms with van der Waals surface area (Å²) in [6.45, 7) is 1.63. The van der Waals surface area contributed by atoms with Crippen molar-refractivity contribution >= 4 is 27.6 Å². The fraction of sp³-hybridized carbons (Fsp3) is 0.200. The molecule has 0 saturated heterocycles. The number of nitrogens with zero attached hydrogens (tertiary/aromatic N) is 1. The van der Waals surface area contributed by atoms with Crippen molar-refractivity contribution in [3.05, 3.63) is 34.3 Å². The van der Waals surface area contributed by atoms with E-state index in [1.807, 2.05) is 24.3 Å². The number of aliphatic carboxylic acids is 1. The molecule has 0 aliphatic rings. The van der Waals surface area contributed by atoms with E-state index in [1.165, 1.54) is 6.92 Å². The van der Waals surface area contributed by atoms with Crippen LogP contribution in [0.15, 0.2) is 33.9 Å². The predicted octanol–water partition coefficient (Wildman–Crippen LogP) is 2.43. The summed E-state index contributed by atoms with van der Waals surface area (Å²) in [4.78, 5) is 15.3. The molecule has 0 aromatic heterocycles. The van der Waals surface area contributed by atoms with E-state index >= 15 is 0 Å². The number of carboxylic acid groups (broad SMARTS) is 1. The number of oxime groups is 1. The van der Waals surface area contributed by atoms with Gasteiger partial charge in [-0.15, -0.1) is 0 Å². The van der Waals surface area contributed by atoms with Gasteiger partial charge in [0.2, 0.25) is 0 Å². The van der Waals surface area contributed by atoms with E-state index in [-0.39, 0.29) is 12.3 Å². The van der Waals surface area contributed by atoms with Gasteiger partial charge in [0.05, 0.1) is 0 Å². The minimum atomic E-state index is -1.08. The molecule has 0 heterocycles. The van der Waals surface area contributed by atoms with E-state index < -0.39 is 5.97 Å². The fourth-order valence-corrected chi connectivity index (χ4v) is 1.32. The Morgan fingerprint density at radius 3 is 2.93 bits per heavy atom. The van der Waals surface area contributed by atoms with Crippen LogP contribution < -0.4 is 0 Å². The fourth-order valence-electron chi connectivity index (χ4n) is 0.869. The lowest BCUT2D eigenvalue weighted by Gasteiger charge is -2.00. The minimum Gasteiger partial charge on any atom is -0.477 e. The number of halogens is 1. The summed E-state index contributed by atoms with van der Waals surface area (Å²) in [7, 11) is 0. The van der Waals surface area contributed by atoms with Crippen LogP contribution in [-0.2, 0) is 16.2 Å². The van der Waals surface area contributed by atoms with Crippen LogP contribution in [0.3, 0.4) is 0 Å². The number of carbonyl (C=O) groups is 1. The van der Waals surface area contributed by atoms with Crippen LogP contribution in [0.25, 0.3) is 0 Å². The molecule has 1 rings (SSSR count). The Hall–Kier alpha value is -1.36. The monoisotopic (exact) mass is 271 g/mol. The first-order chi connectivity index (χ1) is 7.09. The summed E-state index contributed by atoms with van der Waals surface area (Å²) in [5.74, 6) is -1.08. The Bertz CT molecular complexity index is 390. The SMILES string of the molecule is C/C(=N\OCc1cccc(Br)c1)C(=O)O. The minimum absolute atomic E-state index is 0.0648. The van der Waals surface area contributed by atoms with E-state index in [2.05, 4.69) is 21.1 Å². The van der Waals surface area contributed by atoms with Crippen LogP contribution in [0.5, 0.6) is 0 Å². The summed E-state index contributed by atoms with van der Waals surface area (Å²) in [6, 6.07) is 7.52. The van der Waals surface area contributed by atoms with Crippen molar-refractivity contribution in [3.63, 3.8) is 0 Å². The zero-order chi connectivity index (χ0) is 11.3. The molecule has 0 unspecified atom stereocenters. The van der Waals surface area contributed by atoms with Gasteiger partial charge in [0.25, 0.3) is 0 Å². The summed E-state index contributed by atoms with van der Waals surface area (Å²) in [5.41, 5.74) is 0.858. The van der Waals surface area contributed by atoms with E-state index in [4.69, 9.17) is 9.94 Å². The molecule has 0 fully saturated rings. The molecule has 0 aliphatic heterocycles. The molecule has 15 heavy (non-hydrogen) atoms. The summed E-state index contributed by atoms with van der Waals surface area (Å²) >= 11 is 3.32. The molecule has 0 radical (unpaired) electrons. The lowest BCUT2D eigenvalue weighted by molar-refractivity contribution is -0.129. The van der Waals surface area contributed by atoms with Crippen molar-refractivity contribution in [1.82, 2.24) is 0 Å². The average Bonchev–Trinajstić information content (AvgIpc) is 2.17. The molecular weight excluding hydrogens is 262 g/mol. The Morgan fingerprint density at radius 1 is 1.60 bits per heavy atom. The third kappa shape index (κ3) is 4.12. The van der Waals surface area contributed by atoms with Crippen molar-refractivity contribution in [2.24, 2.45) is 5.16 Å². The molecule has 1 aromatic carbocycles. The van der Waals surface area contributed by atoms with Gasteiger partial charge in [-0.25, -0.2) is 4.79 Å². The van der Waals surface area contributed by atoms with Crippen molar-refractivity contribution in [2.75, 3.05) is 0 Å². The second-order valence-corrected chi connectivity index (χ2v) is 3.80. The van der Waals surface area contributed by atoms with Crippen molar-refractivity contribution < 1.29 is 14.7 Å². The van der Waals surface area contributed by atoms with Gasteiger partial charge in [-0.2, -0.15) is 0 Å². The van der Waals surface area contributed by atoms with E-state index in [0.29, 0.717) is 0 Å². The standard InChI is InChI=1S/C10H10BrNO3/c1-7(10(13)14)12-15-6-8-3-2-4-9(11)5-8/h2-5H,6H2,1H3,(H,13,14)/b12-7+. The molecule has 0 saturated carbocycles. The van der Waals surface area contributed by atoms with Gasteiger partial charge in [0.1, 0.15) is 6.61 Å². The lowest BCUT2D eigenvalue weighted by atomic mass is 10.2. The highest BCUT2D eigenvalue weighted by Crippen LogP contribution is 2.12. The van der Waals surface area contributed by atoms with Crippen molar-refractivity contribution in [2.45, 2.75) is 13.5 Å². The van der Waals surface area contributed by atoms with Gasteiger partial charge in [-0.3, -0.25) is 0 Å². The number of hydrogen-bond acceptors (Lipinski definition) is 3. The van der Waals surface area contributed by atoms with Gasteiger partial charge in [-0.05, 0) is 24.6 Å². The number of rotatable bonds is 4. The maximum absolute atomic E-state index is 10.4. The van der Waals surface area contributed by atoms with E-state index in [0.717, 1.165) is 10.0 Å². The molecule has 1 aromatic rings. The Morgan fingerprint density at radius 2 is 2.33 bits per heavy atom. The zero-order valence-corrected chi connectivity index (χ0v) is 9.69. The highest BCUT2D eigenvalue weighted by Gasteiger charge is 2.01. The summed E-state index contributed by atoms with van der Waals surface area (Å²) in [6.07, 6.45) is 0. The van der Waals surface area contributed by atoms with Crippen molar-refractivity contribution in [3.8, 4) is 0 Å². The van der Waals surface area contributed by atoms with Crippen LogP contribution in [0.4, 0.5) is 0 Å². The number of carboxylic acids is 1. The molecule has 4 nitrogen and oxygen atoms in total. The second-order valence-electron chi connectivity index (χ2n) is 2.89. The maximum Gasteiger partial charge on any atom is 0.353 e. The molecule has 0 atom stereocenters. The molecule has 0 bridgehead atoms. The van der Waals surface area contributed by atoms with Crippen molar-refractivity contribution in [1.29, 1.82) is 0 Å². The number of benzene rings is 1. The zero-order valence-electron chi connectivity index (χ0n) is 8.11. The molecule has 0 aliphatic carbocycles. The highest BCUT2D eigenvalue weighted by molar-refractivity contribution is 9.10.